The largest absolute Gasteiger partial charge is 0.466 e. The van der Waals surface area contributed by atoms with Crippen molar-refractivity contribution in [3.8, 4) is 11.8 Å². The van der Waals surface area contributed by atoms with Gasteiger partial charge in [0.15, 0.2) is 0 Å². The minimum atomic E-state index is -0.188. The highest BCUT2D eigenvalue weighted by molar-refractivity contribution is 5.65. The van der Waals surface area contributed by atoms with E-state index in [0.717, 1.165) is 32.1 Å². The van der Waals surface area contributed by atoms with Crippen molar-refractivity contribution < 1.29 is 9.53 Å². The normalized spacial score (nSPS) is 9.73. The predicted octanol–water partition coefficient (Wildman–Crippen LogP) is 3.08. The topological polar surface area (TPSA) is 26.3 Å². The molecule has 0 aromatic heterocycles. The number of carbonyl (C=O) groups is 1. The highest BCUT2D eigenvalue weighted by Crippen LogP contribution is 2.02. The third-order valence-electron chi connectivity index (χ3n) is 1.85. The summed E-state index contributed by atoms with van der Waals surface area (Å²) in [6.07, 6.45) is 9.11. The fraction of sp³-hybridized carbons (Fsp3) is 0.615. The lowest BCUT2D eigenvalue weighted by Gasteiger charge is -2.00. The van der Waals surface area contributed by atoms with Crippen LogP contribution >= 0.6 is 0 Å². The molecule has 0 aliphatic carbocycles. The molecular formula is C13H20O2. The minimum absolute atomic E-state index is 0.188. The van der Waals surface area contributed by atoms with Crippen LogP contribution in [0.5, 0.6) is 0 Å². The van der Waals surface area contributed by atoms with Crippen LogP contribution in [0.4, 0.5) is 0 Å². The van der Waals surface area contributed by atoms with Gasteiger partial charge in [-0.2, -0.15) is 0 Å². The van der Waals surface area contributed by atoms with Crippen molar-refractivity contribution in [1.29, 1.82) is 0 Å². The Morgan fingerprint density at radius 2 is 2.00 bits per heavy atom. The summed E-state index contributed by atoms with van der Waals surface area (Å²) in [5.74, 6) is 5.84. The second-order valence-corrected chi connectivity index (χ2v) is 3.33. The van der Waals surface area contributed by atoms with Crippen molar-refractivity contribution >= 4 is 5.97 Å². The van der Waals surface area contributed by atoms with Crippen molar-refractivity contribution in [1.82, 2.24) is 0 Å². The van der Waals surface area contributed by atoms with E-state index in [1.165, 1.54) is 6.92 Å². The van der Waals surface area contributed by atoms with Crippen LogP contribution in [-0.2, 0) is 9.53 Å². The van der Waals surface area contributed by atoms with E-state index in [2.05, 4.69) is 11.8 Å². The Morgan fingerprint density at radius 1 is 1.27 bits per heavy atom. The summed E-state index contributed by atoms with van der Waals surface area (Å²) in [5, 5.41) is 0. The lowest BCUT2D eigenvalue weighted by molar-refractivity contribution is -0.141. The predicted molar refractivity (Wildman–Crippen MR) is 62.3 cm³/mol. The Morgan fingerprint density at radius 3 is 2.67 bits per heavy atom. The van der Waals surface area contributed by atoms with Gasteiger partial charge in [-0.3, -0.25) is 4.79 Å². The fourth-order valence-electron chi connectivity index (χ4n) is 1.10. The lowest BCUT2D eigenvalue weighted by atomic mass is 10.1. The lowest BCUT2D eigenvalue weighted by Crippen LogP contribution is -1.99. The van der Waals surface area contributed by atoms with Gasteiger partial charge in [-0.1, -0.05) is 30.8 Å². The van der Waals surface area contributed by atoms with E-state index in [1.807, 2.05) is 19.1 Å². The molecule has 0 atom stereocenters. The van der Waals surface area contributed by atoms with E-state index in [-0.39, 0.29) is 5.97 Å². The van der Waals surface area contributed by atoms with E-state index in [4.69, 9.17) is 4.74 Å². The van der Waals surface area contributed by atoms with Crippen LogP contribution in [0.3, 0.4) is 0 Å². The molecule has 0 aromatic rings. The number of esters is 1. The van der Waals surface area contributed by atoms with Gasteiger partial charge in [0.25, 0.3) is 0 Å². The molecule has 0 amide bonds. The summed E-state index contributed by atoms with van der Waals surface area (Å²) in [5.41, 5.74) is 0. The summed E-state index contributed by atoms with van der Waals surface area (Å²) in [7, 11) is 0. The summed E-state index contributed by atoms with van der Waals surface area (Å²) in [6.45, 7) is 3.96. The Bertz CT molecular complexity index is 243. The van der Waals surface area contributed by atoms with Crippen LogP contribution < -0.4 is 0 Å². The number of hydrogen-bond donors (Lipinski definition) is 0. The zero-order valence-electron chi connectivity index (χ0n) is 9.71. The first-order valence-electron chi connectivity index (χ1n) is 5.50. The quantitative estimate of drug-likeness (QED) is 0.381. The summed E-state index contributed by atoms with van der Waals surface area (Å²) in [6, 6.07) is 0. The van der Waals surface area contributed by atoms with Gasteiger partial charge in [0.05, 0.1) is 6.61 Å². The van der Waals surface area contributed by atoms with Crippen molar-refractivity contribution in [2.75, 3.05) is 6.61 Å². The zero-order chi connectivity index (χ0) is 11.4. The van der Waals surface area contributed by atoms with Gasteiger partial charge < -0.3 is 4.74 Å². The number of ether oxygens (including phenoxy) is 1. The Hall–Kier alpha value is -1.23. The molecule has 0 radical (unpaired) electrons. The van der Waals surface area contributed by atoms with Gasteiger partial charge in [-0.15, -0.1) is 0 Å². The summed E-state index contributed by atoms with van der Waals surface area (Å²) in [4.78, 5) is 10.4. The molecule has 0 aliphatic rings. The molecule has 0 fully saturated rings. The number of unbranched alkanes of at least 4 members (excludes halogenated alkanes) is 4. The third kappa shape index (κ3) is 12.8. The number of allylic oxidation sites excluding steroid dienone is 2. The van der Waals surface area contributed by atoms with E-state index >= 15 is 0 Å². The van der Waals surface area contributed by atoms with Crippen LogP contribution in [0, 0.1) is 11.8 Å². The average Bonchev–Trinajstić information content (AvgIpc) is 2.20. The maximum absolute atomic E-state index is 10.4. The van der Waals surface area contributed by atoms with Gasteiger partial charge in [0.1, 0.15) is 0 Å². The van der Waals surface area contributed by atoms with E-state index < -0.39 is 0 Å². The number of rotatable bonds is 6. The van der Waals surface area contributed by atoms with Gasteiger partial charge >= 0.3 is 5.97 Å². The van der Waals surface area contributed by atoms with Gasteiger partial charge in [-0.05, 0) is 25.8 Å². The fourth-order valence-corrected chi connectivity index (χ4v) is 1.10. The molecule has 0 rings (SSSR count). The molecular weight excluding hydrogens is 188 g/mol. The molecule has 0 N–H and O–H groups in total. The molecule has 0 unspecified atom stereocenters. The molecule has 15 heavy (non-hydrogen) atoms. The second-order valence-electron chi connectivity index (χ2n) is 3.33. The molecule has 2 nitrogen and oxygen atoms in total. The van der Waals surface area contributed by atoms with Crippen molar-refractivity contribution in [3.63, 3.8) is 0 Å². The minimum Gasteiger partial charge on any atom is -0.466 e. The molecule has 0 spiro atoms. The van der Waals surface area contributed by atoms with Gasteiger partial charge in [0, 0.05) is 13.3 Å². The van der Waals surface area contributed by atoms with Crippen molar-refractivity contribution in [3.05, 3.63) is 12.2 Å². The number of carbonyl (C=O) groups excluding carboxylic acids is 1. The smallest absolute Gasteiger partial charge is 0.302 e. The van der Waals surface area contributed by atoms with Crippen LogP contribution in [-0.4, -0.2) is 12.6 Å². The summed E-state index contributed by atoms with van der Waals surface area (Å²) < 4.78 is 4.83. The average molecular weight is 208 g/mol. The third-order valence-corrected chi connectivity index (χ3v) is 1.85. The standard InChI is InChI=1S/C13H20O2/c1-3-4-5-6-7-8-9-10-11-12-15-13(2)14/h3-4H,7-12H2,1-2H3. The first-order chi connectivity index (χ1) is 7.27. The Balaban J connectivity index is 3.12. The molecule has 2 heteroatoms. The van der Waals surface area contributed by atoms with Crippen LogP contribution in [0.2, 0.25) is 0 Å². The van der Waals surface area contributed by atoms with E-state index in [1.54, 1.807) is 0 Å². The monoisotopic (exact) mass is 208 g/mol. The van der Waals surface area contributed by atoms with Crippen LogP contribution in [0.25, 0.3) is 0 Å². The van der Waals surface area contributed by atoms with E-state index in [9.17, 15) is 4.79 Å². The van der Waals surface area contributed by atoms with Crippen LogP contribution in [0.15, 0.2) is 12.2 Å². The first kappa shape index (κ1) is 13.8. The molecule has 84 valence electrons. The summed E-state index contributed by atoms with van der Waals surface area (Å²) >= 11 is 0. The van der Waals surface area contributed by atoms with Crippen LogP contribution in [0.1, 0.15) is 46.0 Å². The molecule has 0 aliphatic heterocycles. The molecule has 0 saturated heterocycles. The molecule has 0 heterocycles. The molecule has 0 aromatic carbocycles. The van der Waals surface area contributed by atoms with Gasteiger partial charge in [0.2, 0.25) is 0 Å². The highest BCUT2D eigenvalue weighted by atomic mass is 16.5. The van der Waals surface area contributed by atoms with E-state index in [0.29, 0.717) is 6.61 Å². The maximum Gasteiger partial charge on any atom is 0.302 e. The SMILES string of the molecule is CC=CC#CCCCCCCOC(C)=O. The molecule has 0 saturated carbocycles. The first-order valence-corrected chi connectivity index (χ1v) is 5.50. The second kappa shape index (κ2) is 10.8. The number of hydrogen-bond acceptors (Lipinski definition) is 2. The zero-order valence-corrected chi connectivity index (χ0v) is 9.71. The Labute approximate surface area is 92.7 Å². The molecule has 0 bridgehead atoms. The Kier molecular flexibility index (Phi) is 9.96. The van der Waals surface area contributed by atoms with Crippen molar-refractivity contribution in [2.45, 2.75) is 46.0 Å². The maximum atomic E-state index is 10.4. The van der Waals surface area contributed by atoms with Gasteiger partial charge in [-0.25, -0.2) is 0 Å². The van der Waals surface area contributed by atoms with Crippen molar-refractivity contribution in [2.24, 2.45) is 0 Å². The highest BCUT2D eigenvalue weighted by Gasteiger charge is 1.92.